The number of rotatable bonds is 13. The van der Waals surface area contributed by atoms with Crippen LogP contribution in [-0.4, -0.2) is 101 Å². The maximum atomic E-state index is 11.9. The lowest BCUT2D eigenvalue weighted by atomic mass is 9.99. The fourth-order valence-electron chi connectivity index (χ4n) is 2.56. The van der Waals surface area contributed by atoms with Gasteiger partial charge in [-0.05, 0) is 0 Å². The predicted molar refractivity (Wildman–Crippen MR) is 94.4 cm³/mol. The molecule has 1 aliphatic heterocycles. The molecule has 0 aromatic heterocycles. The fourth-order valence-corrected chi connectivity index (χ4v) is 2.56. The Hall–Kier alpha value is -2.07. The van der Waals surface area contributed by atoms with Gasteiger partial charge in [-0.2, -0.15) is 0 Å². The highest BCUT2D eigenvalue weighted by atomic mass is 16.8. The van der Waals surface area contributed by atoms with Crippen LogP contribution in [0, 0.1) is 15.6 Å². The molecule has 18 heteroatoms. The van der Waals surface area contributed by atoms with Crippen LogP contribution in [0.15, 0.2) is 0 Å². The molecule has 8 atom stereocenters. The van der Waals surface area contributed by atoms with Crippen LogP contribution in [0.1, 0.15) is 19.3 Å². The molecule has 1 aliphatic rings. The summed E-state index contributed by atoms with van der Waals surface area (Å²) in [6.45, 7) is -2.44. The Balaban J connectivity index is 2.86. The second-order valence-electron chi connectivity index (χ2n) is 6.83. The number of ether oxygens (including phenoxy) is 4. The van der Waals surface area contributed by atoms with E-state index in [-0.39, 0.29) is 0 Å². The highest BCUT2D eigenvalue weighted by Crippen LogP contribution is 2.25. The minimum absolute atomic E-state index is 0.510. The van der Waals surface area contributed by atoms with Crippen molar-refractivity contribution >= 4 is 17.9 Å². The summed E-state index contributed by atoms with van der Waals surface area (Å²) in [5.41, 5.74) is 0. The smallest absolute Gasteiger partial charge is 0.314 e. The van der Waals surface area contributed by atoms with Crippen LogP contribution < -0.4 is 15.7 Å². The van der Waals surface area contributed by atoms with E-state index in [1.54, 1.807) is 0 Å². The Kier molecular flexibility index (Phi) is 12.5. The molecule has 192 valence electrons. The van der Waals surface area contributed by atoms with Gasteiger partial charge in [-0.1, -0.05) is 0 Å². The molecule has 0 aromatic rings. The summed E-state index contributed by atoms with van der Waals surface area (Å²) >= 11 is 0. The number of carbonyl (C=O) groups is 3. The number of hydroxylamine groups is 6. The predicted octanol–water partition coefficient (Wildman–Crippen LogP) is -7.08. The van der Waals surface area contributed by atoms with Crippen molar-refractivity contribution < 1.29 is 74.8 Å². The maximum absolute atomic E-state index is 11.9. The number of hydrogen-bond acceptors (Lipinski definition) is 15. The van der Waals surface area contributed by atoms with Crippen LogP contribution in [0.5, 0.6) is 0 Å². The summed E-state index contributed by atoms with van der Waals surface area (Å²) in [7, 11) is 0. The molecule has 1 fully saturated rings. The summed E-state index contributed by atoms with van der Waals surface area (Å²) in [5.74, 6) is -3.16. The van der Waals surface area contributed by atoms with Crippen LogP contribution in [0.3, 0.4) is 0 Å². The van der Waals surface area contributed by atoms with E-state index in [2.05, 4.69) is 0 Å². The van der Waals surface area contributed by atoms with Crippen LogP contribution in [0.25, 0.3) is 0 Å². The first kappa shape index (κ1) is 29.0. The SMILES string of the molecule is O=C(CC[NH+]([O-])O)OC[C@H]1O[C@H](OC(=O)CC[NH+]([O-])O)[C@H](O)[C@@H](O)[C@@H]1OC(=O)CC[NH+]([O-])O. The standard InChI is InChI=1S/C15H27N3O15/c19-9(1-4-16(24)25)30-7-8-14(32-10(20)2-5-17(26)27)12(22)13(23)15(31-8)33-11(21)3-6-18(28)29/h8,12-18,22-24,26,28H,1-7H2/t8-,12-,13-,14-,15-/m1/s1. The van der Waals surface area contributed by atoms with Crippen LogP contribution in [-0.2, 0) is 33.3 Å². The van der Waals surface area contributed by atoms with Crippen molar-refractivity contribution in [3.8, 4) is 0 Å². The maximum Gasteiger partial charge on any atom is 0.314 e. The van der Waals surface area contributed by atoms with Crippen molar-refractivity contribution in [2.75, 3.05) is 26.2 Å². The Morgan fingerprint density at radius 3 is 1.70 bits per heavy atom. The number of nitrogens with one attached hydrogen (secondary N) is 3. The molecular formula is C15H27N3O15. The van der Waals surface area contributed by atoms with Gasteiger partial charge in [-0.15, -0.1) is 0 Å². The molecule has 0 aliphatic carbocycles. The van der Waals surface area contributed by atoms with Gasteiger partial charge in [0.05, 0.1) is 19.3 Å². The van der Waals surface area contributed by atoms with E-state index in [0.717, 1.165) is 0 Å². The van der Waals surface area contributed by atoms with Gasteiger partial charge in [-0.25, -0.2) is 31.3 Å². The highest BCUT2D eigenvalue weighted by Gasteiger charge is 2.49. The van der Waals surface area contributed by atoms with E-state index >= 15 is 0 Å². The molecule has 3 unspecified atom stereocenters. The van der Waals surface area contributed by atoms with Gasteiger partial charge in [0.1, 0.15) is 44.6 Å². The van der Waals surface area contributed by atoms with Crippen molar-refractivity contribution in [2.45, 2.75) is 50.0 Å². The van der Waals surface area contributed by atoms with Gasteiger partial charge < -0.3 is 44.8 Å². The molecule has 1 rings (SSSR count). The van der Waals surface area contributed by atoms with Gasteiger partial charge >= 0.3 is 17.9 Å². The van der Waals surface area contributed by atoms with E-state index in [1.807, 2.05) is 0 Å². The Labute approximate surface area is 185 Å². The Morgan fingerprint density at radius 2 is 1.21 bits per heavy atom. The van der Waals surface area contributed by atoms with E-state index in [9.17, 15) is 40.2 Å². The average molecular weight is 489 g/mol. The molecule has 0 radical (unpaired) electrons. The lowest BCUT2D eigenvalue weighted by Crippen LogP contribution is -3.04. The lowest BCUT2D eigenvalue weighted by Gasteiger charge is -2.41. The second-order valence-corrected chi connectivity index (χ2v) is 6.83. The van der Waals surface area contributed by atoms with Gasteiger partial charge in [0.2, 0.25) is 6.29 Å². The molecule has 8 N–H and O–H groups in total. The largest absolute Gasteiger partial charge is 0.600 e. The summed E-state index contributed by atoms with van der Waals surface area (Å²) in [5, 5.41) is 74.2. The Morgan fingerprint density at radius 1 is 0.758 bits per heavy atom. The molecule has 1 heterocycles. The summed E-state index contributed by atoms with van der Waals surface area (Å²) in [6, 6.07) is 0. The van der Waals surface area contributed by atoms with E-state index in [1.165, 1.54) is 0 Å². The number of carbonyl (C=O) groups excluding carboxylic acids is 3. The zero-order chi connectivity index (χ0) is 25.1. The average Bonchev–Trinajstić information content (AvgIpc) is 2.73. The molecular weight excluding hydrogens is 462 g/mol. The molecule has 0 amide bonds. The summed E-state index contributed by atoms with van der Waals surface area (Å²) < 4.78 is 19.9. The third-order valence-electron chi connectivity index (χ3n) is 4.19. The molecule has 0 bridgehead atoms. The number of aliphatic hydroxyl groups is 2. The topological polar surface area (TPSA) is 272 Å². The third-order valence-corrected chi connectivity index (χ3v) is 4.19. The second kappa shape index (κ2) is 14.2. The summed E-state index contributed by atoms with van der Waals surface area (Å²) in [4.78, 5) is 35.3. The minimum atomic E-state index is -1.96. The van der Waals surface area contributed by atoms with Crippen molar-refractivity contribution in [1.82, 2.24) is 0 Å². The van der Waals surface area contributed by atoms with Crippen molar-refractivity contribution in [3.63, 3.8) is 0 Å². The zero-order valence-corrected chi connectivity index (χ0v) is 17.2. The monoisotopic (exact) mass is 489 g/mol. The van der Waals surface area contributed by atoms with Gasteiger partial charge in [0.25, 0.3) is 0 Å². The first-order chi connectivity index (χ1) is 15.4. The van der Waals surface area contributed by atoms with Gasteiger partial charge in [-0.3, -0.25) is 14.4 Å². The Bertz CT molecular complexity index is 634. The lowest BCUT2D eigenvalue weighted by molar-refractivity contribution is -1.05. The van der Waals surface area contributed by atoms with Crippen LogP contribution >= 0.6 is 0 Å². The quantitative estimate of drug-likeness (QED) is 0.0678. The van der Waals surface area contributed by atoms with Crippen molar-refractivity contribution in [3.05, 3.63) is 15.6 Å². The molecule has 0 aromatic carbocycles. The normalized spacial score (nSPS) is 27.8. The van der Waals surface area contributed by atoms with Crippen molar-refractivity contribution in [1.29, 1.82) is 0 Å². The summed E-state index contributed by atoms with van der Waals surface area (Å²) in [6.07, 6.45) is -10.6. The van der Waals surface area contributed by atoms with Crippen LogP contribution in [0.4, 0.5) is 0 Å². The molecule has 1 saturated heterocycles. The fraction of sp³-hybridized carbons (Fsp3) is 0.800. The molecule has 18 nitrogen and oxygen atoms in total. The molecule has 0 spiro atoms. The third kappa shape index (κ3) is 11.1. The number of aliphatic hydroxyl groups excluding tert-OH is 2. The highest BCUT2D eigenvalue weighted by molar-refractivity contribution is 5.70. The van der Waals surface area contributed by atoms with Crippen molar-refractivity contribution in [2.24, 2.45) is 0 Å². The van der Waals surface area contributed by atoms with Gasteiger partial charge in [0, 0.05) is 0 Å². The first-order valence-electron chi connectivity index (χ1n) is 9.62. The molecule has 0 saturated carbocycles. The van der Waals surface area contributed by atoms with E-state index < -0.39 is 110 Å². The minimum Gasteiger partial charge on any atom is -0.600 e. The number of quaternary nitrogens is 3. The van der Waals surface area contributed by atoms with E-state index in [0.29, 0.717) is 0 Å². The first-order valence-corrected chi connectivity index (χ1v) is 9.62. The van der Waals surface area contributed by atoms with Crippen LogP contribution in [0.2, 0.25) is 0 Å². The number of hydrogen-bond donors (Lipinski definition) is 8. The zero-order valence-electron chi connectivity index (χ0n) is 17.2. The van der Waals surface area contributed by atoms with E-state index in [4.69, 9.17) is 34.6 Å². The van der Waals surface area contributed by atoms with Gasteiger partial charge in [0.15, 0.2) is 6.10 Å². The molecule has 33 heavy (non-hydrogen) atoms. The number of esters is 3.